The van der Waals surface area contributed by atoms with E-state index in [4.69, 9.17) is 8.92 Å². The van der Waals surface area contributed by atoms with Crippen molar-refractivity contribution in [3.05, 3.63) is 59.3 Å². The third kappa shape index (κ3) is 5.42. The molecule has 160 valence electrons. The quantitative estimate of drug-likeness (QED) is 0.314. The number of hydrogen-bond donors (Lipinski definition) is 1. The number of carbonyl (C=O) groups is 1. The molecule has 3 rings (SSSR count). The van der Waals surface area contributed by atoms with Crippen molar-refractivity contribution in [1.82, 2.24) is 4.98 Å². The number of benzene rings is 2. The molecule has 1 N–H and O–H groups in total. The Labute approximate surface area is 177 Å². The van der Waals surface area contributed by atoms with Crippen molar-refractivity contribution < 1.29 is 22.1 Å². The summed E-state index contributed by atoms with van der Waals surface area (Å²) in [6.45, 7) is 6.01. The van der Waals surface area contributed by atoms with E-state index in [0.29, 0.717) is 17.9 Å². The van der Waals surface area contributed by atoms with E-state index in [-0.39, 0.29) is 11.9 Å². The minimum Gasteiger partial charge on any atom is -0.426 e. The molecule has 0 amide bonds. The fourth-order valence-corrected chi connectivity index (χ4v) is 3.93. The van der Waals surface area contributed by atoms with Gasteiger partial charge in [-0.15, -0.1) is 0 Å². The summed E-state index contributed by atoms with van der Waals surface area (Å²) in [7, 11) is -3.58. The summed E-state index contributed by atoms with van der Waals surface area (Å²) >= 11 is 0. The van der Waals surface area contributed by atoms with E-state index >= 15 is 0 Å². The van der Waals surface area contributed by atoms with E-state index in [9.17, 15) is 13.2 Å². The van der Waals surface area contributed by atoms with Crippen molar-refractivity contribution >= 4 is 27.0 Å². The summed E-state index contributed by atoms with van der Waals surface area (Å²) in [6.07, 6.45) is 4.90. The van der Waals surface area contributed by atoms with E-state index in [1.807, 2.05) is 44.3 Å². The third-order valence-corrected chi connectivity index (χ3v) is 5.45. The minimum absolute atomic E-state index is 0.211. The summed E-state index contributed by atoms with van der Waals surface area (Å²) in [6, 6.07) is 11.1. The number of fused-ring (bicyclic) bond motifs is 1. The Bertz CT molecular complexity index is 1160. The van der Waals surface area contributed by atoms with E-state index in [1.165, 1.54) is 0 Å². The van der Waals surface area contributed by atoms with Crippen LogP contribution in [-0.4, -0.2) is 25.6 Å². The van der Waals surface area contributed by atoms with Gasteiger partial charge in [-0.05, 0) is 66.6 Å². The van der Waals surface area contributed by atoms with Crippen LogP contribution in [0.1, 0.15) is 49.3 Å². The van der Waals surface area contributed by atoms with Gasteiger partial charge in [0.25, 0.3) is 0 Å². The van der Waals surface area contributed by atoms with Crippen LogP contribution in [0.4, 0.5) is 0 Å². The zero-order valence-electron chi connectivity index (χ0n) is 17.7. The molecule has 3 aromatic rings. The van der Waals surface area contributed by atoms with Gasteiger partial charge in [0, 0.05) is 23.5 Å². The molecule has 2 aromatic carbocycles. The predicted octanol–water partition coefficient (Wildman–Crippen LogP) is 4.87. The molecule has 1 unspecified atom stereocenters. The molecule has 0 fully saturated rings. The van der Waals surface area contributed by atoms with Gasteiger partial charge < -0.3 is 13.9 Å². The van der Waals surface area contributed by atoms with Gasteiger partial charge in [0.1, 0.15) is 11.5 Å². The number of esters is 1. The highest BCUT2D eigenvalue weighted by Crippen LogP contribution is 2.30. The molecule has 6 nitrogen and oxygen atoms in total. The van der Waals surface area contributed by atoms with Crippen LogP contribution in [0.5, 0.6) is 11.5 Å². The van der Waals surface area contributed by atoms with Crippen molar-refractivity contribution in [2.45, 2.75) is 46.0 Å². The molecule has 0 spiro atoms. The van der Waals surface area contributed by atoms with Crippen LogP contribution in [-0.2, 0) is 21.3 Å². The van der Waals surface area contributed by atoms with E-state index in [0.717, 1.165) is 46.7 Å². The maximum absolute atomic E-state index is 11.8. The minimum atomic E-state index is -3.58. The Morgan fingerprint density at radius 3 is 2.60 bits per heavy atom. The molecule has 0 aliphatic carbocycles. The standard InChI is InChI=1S/C23H27NO5S/c1-5-6-23(25)28-22-10-7-17(12-16(22)3)15(2)11-18-14-24-21-9-8-19(13-20(18)21)29-30(4,26)27/h7-10,12-15,24H,5-6,11H2,1-4H3. The second-order valence-corrected chi connectivity index (χ2v) is 9.24. The average Bonchev–Trinajstić information content (AvgIpc) is 3.04. The second kappa shape index (κ2) is 8.92. The van der Waals surface area contributed by atoms with E-state index in [1.54, 1.807) is 12.1 Å². The first kappa shape index (κ1) is 21.9. The van der Waals surface area contributed by atoms with Crippen molar-refractivity contribution in [1.29, 1.82) is 0 Å². The number of ether oxygens (including phenoxy) is 1. The van der Waals surface area contributed by atoms with Gasteiger partial charge in [0.15, 0.2) is 0 Å². The first-order valence-corrected chi connectivity index (χ1v) is 11.8. The highest BCUT2D eigenvalue weighted by Gasteiger charge is 2.14. The monoisotopic (exact) mass is 429 g/mol. The zero-order valence-corrected chi connectivity index (χ0v) is 18.5. The molecule has 1 atom stereocenters. The van der Waals surface area contributed by atoms with Crippen molar-refractivity contribution in [3.8, 4) is 11.5 Å². The molecule has 1 aromatic heterocycles. The molecule has 0 saturated heterocycles. The lowest BCUT2D eigenvalue weighted by atomic mass is 9.92. The smallest absolute Gasteiger partial charge is 0.311 e. The number of hydrogen-bond acceptors (Lipinski definition) is 5. The fraction of sp³-hybridized carbons (Fsp3) is 0.348. The van der Waals surface area contributed by atoms with Gasteiger partial charge in [0.05, 0.1) is 6.26 Å². The Hall–Kier alpha value is -2.80. The number of aromatic amines is 1. The van der Waals surface area contributed by atoms with Crippen LogP contribution >= 0.6 is 0 Å². The molecule has 7 heteroatoms. The zero-order chi connectivity index (χ0) is 21.9. The van der Waals surface area contributed by atoms with Gasteiger partial charge in [-0.3, -0.25) is 4.79 Å². The fourth-order valence-electron chi connectivity index (χ4n) is 3.47. The second-order valence-electron chi connectivity index (χ2n) is 7.66. The van der Waals surface area contributed by atoms with Crippen LogP contribution in [0.2, 0.25) is 0 Å². The SMILES string of the molecule is CCCC(=O)Oc1ccc(C(C)Cc2c[nH]c3ccc(OS(C)(=O)=O)cc23)cc1C. The number of H-pyrrole nitrogens is 1. The predicted molar refractivity (Wildman–Crippen MR) is 118 cm³/mol. The lowest BCUT2D eigenvalue weighted by Gasteiger charge is -2.14. The van der Waals surface area contributed by atoms with Crippen LogP contribution in [0.3, 0.4) is 0 Å². The van der Waals surface area contributed by atoms with Gasteiger partial charge in [-0.25, -0.2) is 0 Å². The number of aromatic nitrogens is 1. The Balaban J connectivity index is 1.79. The van der Waals surface area contributed by atoms with Crippen LogP contribution in [0.15, 0.2) is 42.6 Å². The molecular formula is C23H27NO5S. The van der Waals surface area contributed by atoms with Crippen molar-refractivity contribution in [2.75, 3.05) is 6.26 Å². The average molecular weight is 430 g/mol. The van der Waals surface area contributed by atoms with Crippen molar-refractivity contribution in [3.63, 3.8) is 0 Å². The Kier molecular flexibility index (Phi) is 6.51. The number of aryl methyl sites for hydroxylation is 1. The molecule has 1 heterocycles. The topological polar surface area (TPSA) is 85.5 Å². The van der Waals surface area contributed by atoms with E-state index in [2.05, 4.69) is 11.9 Å². The van der Waals surface area contributed by atoms with Crippen LogP contribution in [0, 0.1) is 6.92 Å². The molecule has 0 aliphatic heterocycles. The highest BCUT2D eigenvalue weighted by molar-refractivity contribution is 7.86. The lowest BCUT2D eigenvalue weighted by molar-refractivity contribution is -0.134. The maximum Gasteiger partial charge on any atom is 0.311 e. The summed E-state index contributed by atoms with van der Waals surface area (Å²) in [4.78, 5) is 15.0. The summed E-state index contributed by atoms with van der Waals surface area (Å²) < 4.78 is 33.3. The molecule has 0 aliphatic rings. The van der Waals surface area contributed by atoms with Gasteiger partial charge >= 0.3 is 16.1 Å². The highest BCUT2D eigenvalue weighted by atomic mass is 32.2. The van der Waals surface area contributed by atoms with Gasteiger partial charge in [-0.1, -0.05) is 26.0 Å². The molecule has 0 radical (unpaired) electrons. The molecule has 0 bridgehead atoms. The molecule has 0 saturated carbocycles. The van der Waals surface area contributed by atoms with Crippen LogP contribution in [0.25, 0.3) is 10.9 Å². The number of rotatable bonds is 8. The number of nitrogens with one attached hydrogen (secondary N) is 1. The van der Waals surface area contributed by atoms with E-state index < -0.39 is 10.1 Å². The van der Waals surface area contributed by atoms with Crippen LogP contribution < -0.4 is 8.92 Å². The molecule has 30 heavy (non-hydrogen) atoms. The molecular weight excluding hydrogens is 402 g/mol. The first-order valence-electron chi connectivity index (χ1n) is 9.97. The van der Waals surface area contributed by atoms with Crippen molar-refractivity contribution in [2.24, 2.45) is 0 Å². The van der Waals surface area contributed by atoms with Gasteiger partial charge in [-0.2, -0.15) is 8.42 Å². The number of carbonyl (C=O) groups excluding carboxylic acids is 1. The summed E-state index contributed by atoms with van der Waals surface area (Å²) in [5.74, 6) is 0.890. The first-order chi connectivity index (χ1) is 14.2. The lowest BCUT2D eigenvalue weighted by Crippen LogP contribution is -2.08. The Morgan fingerprint density at radius 2 is 1.93 bits per heavy atom. The third-order valence-electron chi connectivity index (χ3n) is 4.96. The van der Waals surface area contributed by atoms with Gasteiger partial charge in [0.2, 0.25) is 0 Å². The normalized spacial score (nSPS) is 12.7. The summed E-state index contributed by atoms with van der Waals surface area (Å²) in [5, 5.41) is 0.935. The largest absolute Gasteiger partial charge is 0.426 e. The maximum atomic E-state index is 11.8. The Morgan fingerprint density at radius 1 is 1.17 bits per heavy atom. The summed E-state index contributed by atoms with van der Waals surface area (Å²) in [5.41, 5.74) is 4.06.